The van der Waals surface area contributed by atoms with Gasteiger partial charge in [-0.2, -0.15) is 0 Å². The molecule has 26 heavy (non-hydrogen) atoms. The van der Waals surface area contributed by atoms with Gasteiger partial charge in [0.1, 0.15) is 0 Å². The van der Waals surface area contributed by atoms with Gasteiger partial charge in [-0.05, 0) is 42.4 Å². The molecule has 1 aromatic rings. The van der Waals surface area contributed by atoms with E-state index in [4.69, 9.17) is 12.2 Å². The first-order valence-electron chi connectivity index (χ1n) is 8.14. The number of nitrogens with zero attached hydrogens (tertiary/aromatic N) is 3. The molecule has 0 aromatic heterocycles. The van der Waals surface area contributed by atoms with Gasteiger partial charge in [0.25, 0.3) is 0 Å². The van der Waals surface area contributed by atoms with E-state index in [1.54, 1.807) is 7.05 Å². The highest BCUT2D eigenvalue weighted by atomic mass is 32.1. The smallest absolute Gasteiger partial charge is 0.332 e. The van der Waals surface area contributed by atoms with Gasteiger partial charge in [0.2, 0.25) is 11.8 Å². The second kappa shape index (κ2) is 6.24. The van der Waals surface area contributed by atoms with Gasteiger partial charge in [0.05, 0.1) is 0 Å². The third-order valence-electron chi connectivity index (χ3n) is 4.98. The van der Waals surface area contributed by atoms with Crippen LogP contribution in [0.2, 0.25) is 0 Å². The number of carbonyl (C=O) groups excluding carboxylic acids is 3. The van der Waals surface area contributed by atoms with E-state index in [0.717, 1.165) is 26.7 Å². The molecule has 0 radical (unpaired) electrons. The van der Waals surface area contributed by atoms with E-state index < -0.39 is 23.3 Å². The van der Waals surface area contributed by atoms with Crippen molar-refractivity contribution in [2.75, 3.05) is 45.0 Å². The molecular weight excluding hydrogens is 354 g/mol. The van der Waals surface area contributed by atoms with Crippen LogP contribution in [-0.4, -0.2) is 67.5 Å². The van der Waals surface area contributed by atoms with Crippen molar-refractivity contribution in [3.8, 4) is 0 Å². The summed E-state index contributed by atoms with van der Waals surface area (Å²) in [6, 6.07) is 5.10. The predicted octanol–water partition coefficient (Wildman–Crippen LogP) is 0.632. The zero-order valence-corrected chi connectivity index (χ0v) is 15.9. The standard InChI is InChI=1S/C17H21N5O3S/c1-18-15(26)19-11-5-6-12-10(7-11)8-17(9-20(12)2)13(23)21(3)16(25)22(4)14(17)24/h5-7H,8-9H2,1-4H3,(H2,18,19,26). The Balaban J connectivity index is 2.03. The Kier molecular flexibility index (Phi) is 4.35. The van der Waals surface area contributed by atoms with Crippen LogP contribution in [0.15, 0.2) is 18.2 Å². The van der Waals surface area contributed by atoms with Crippen molar-refractivity contribution in [1.82, 2.24) is 15.1 Å². The molecule has 0 aliphatic carbocycles. The number of nitrogens with one attached hydrogen (secondary N) is 2. The van der Waals surface area contributed by atoms with Crippen molar-refractivity contribution in [1.29, 1.82) is 0 Å². The number of rotatable bonds is 1. The number of fused-ring (bicyclic) bond motifs is 1. The maximum absolute atomic E-state index is 12.9. The average molecular weight is 375 g/mol. The first kappa shape index (κ1) is 18.1. The van der Waals surface area contributed by atoms with E-state index in [-0.39, 0.29) is 13.0 Å². The van der Waals surface area contributed by atoms with Crippen molar-refractivity contribution in [3.05, 3.63) is 23.8 Å². The summed E-state index contributed by atoms with van der Waals surface area (Å²) in [5, 5.41) is 6.36. The Morgan fingerprint density at radius 1 is 1.12 bits per heavy atom. The van der Waals surface area contributed by atoms with Crippen LogP contribution in [0.3, 0.4) is 0 Å². The number of carbonyl (C=O) groups is 3. The molecule has 1 aromatic carbocycles. The Hall–Kier alpha value is -2.68. The van der Waals surface area contributed by atoms with Crippen LogP contribution >= 0.6 is 12.2 Å². The highest BCUT2D eigenvalue weighted by Gasteiger charge is 2.57. The zero-order valence-electron chi connectivity index (χ0n) is 15.1. The number of hydrogen-bond donors (Lipinski definition) is 2. The number of urea groups is 1. The van der Waals surface area contributed by atoms with Gasteiger partial charge in [0, 0.05) is 46.1 Å². The van der Waals surface area contributed by atoms with Gasteiger partial charge in [-0.1, -0.05) is 0 Å². The molecule has 1 fully saturated rings. The molecule has 4 amide bonds. The normalized spacial score (nSPS) is 18.9. The molecule has 9 heteroatoms. The lowest BCUT2D eigenvalue weighted by Gasteiger charge is -2.46. The first-order valence-corrected chi connectivity index (χ1v) is 8.55. The van der Waals surface area contributed by atoms with E-state index in [0.29, 0.717) is 5.11 Å². The molecule has 2 N–H and O–H groups in total. The lowest BCUT2D eigenvalue weighted by Crippen LogP contribution is -2.67. The van der Waals surface area contributed by atoms with Crippen molar-refractivity contribution >= 4 is 46.6 Å². The molecule has 8 nitrogen and oxygen atoms in total. The summed E-state index contributed by atoms with van der Waals surface area (Å²) in [6.07, 6.45) is 0.230. The summed E-state index contributed by atoms with van der Waals surface area (Å²) in [4.78, 5) is 41.8. The van der Waals surface area contributed by atoms with Gasteiger partial charge < -0.3 is 15.5 Å². The monoisotopic (exact) mass is 375 g/mol. The number of barbiturate groups is 1. The molecule has 0 atom stereocenters. The number of amides is 4. The summed E-state index contributed by atoms with van der Waals surface area (Å²) >= 11 is 5.12. The minimum absolute atomic E-state index is 0.224. The van der Waals surface area contributed by atoms with Gasteiger partial charge in [-0.3, -0.25) is 19.4 Å². The third kappa shape index (κ3) is 2.59. The summed E-state index contributed by atoms with van der Waals surface area (Å²) in [5.74, 6) is -0.931. The maximum Gasteiger partial charge on any atom is 0.332 e. The van der Waals surface area contributed by atoms with Crippen LogP contribution in [-0.2, 0) is 16.0 Å². The fourth-order valence-electron chi connectivity index (χ4n) is 3.66. The summed E-state index contributed by atoms with van der Waals surface area (Å²) in [7, 11) is 6.38. The lowest BCUT2D eigenvalue weighted by atomic mass is 9.74. The largest absolute Gasteiger partial charge is 0.373 e. The zero-order chi connectivity index (χ0) is 19.2. The van der Waals surface area contributed by atoms with Gasteiger partial charge >= 0.3 is 6.03 Å². The average Bonchev–Trinajstić information content (AvgIpc) is 2.63. The Morgan fingerprint density at radius 2 is 1.73 bits per heavy atom. The molecule has 0 unspecified atom stereocenters. The van der Waals surface area contributed by atoms with Crippen LogP contribution in [0.25, 0.3) is 0 Å². The van der Waals surface area contributed by atoms with Crippen LogP contribution in [0.4, 0.5) is 16.2 Å². The molecule has 3 rings (SSSR count). The number of thiocarbonyl (C=S) groups is 1. The molecule has 0 bridgehead atoms. The van der Waals surface area contributed by atoms with Crippen LogP contribution in [0.5, 0.6) is 0 Å². The maximum atomic E-state index is 12.9. The number of imide groups is 2. The quantitative estimate of drug-likeness (QED) is 0.550. The van der Waals surface area contributed by atoms with E-state index >= 15 is 0 Å². The molecule has 138 valence electrons. The van der Waals surface area contributed by atoms with E-state index in [1.165, 1.54) is 14.1 Å². The highest BCUT2D eigenvalue weighted by Crippen LogP contribution is 2.41. The Labute approximate surface area is 157 Å². The Morgan fingerprint density at radius 3 is 2.31 bits per heavy atom. The number of hydrogen-bond acceptors (Lipinski definition) is 5. The van der Waals surface area contributed by atoms with Crippen molar-refractivity contribution in [2.45, 2.75) is 6.42 Å². The van der Waals surface area contributed by atoms with Gasteiger partial charge in [-0.15, -0.1) is 0 Å². The first-order chi connectivity index (χ1) is 12.2. The van der Waals surface area contributed by atoms with E-state index in [1.807, 2.05) is 30.1 Å². The second-order valence-corrected chi connectivity index (χ2v) is 7.08. The van der Waals surface area contributed by atoms with Crippen LogP contribution < -0.4 is 15.5 Å². The molecular formula is C17H21N5O3S. The fraction of sp³-hybridized carbons (Fsp3) is 0.412. The molecule has 0 saturated carbocycles. The number of benzene rings is 1. The van der Waals surface area contributed by atoms with Crippen LogP contribution in [0.1, 0.15) is 5.56 Å². The molecule has 2 aliphatic rings. The van der Waals surface area contributed by atoms with E-state index in [2.05, 4.69) is 10.6 Å². The Bertz CT molecular complexity index is 801. The predicted molar refractivity (Wildman–Crippen MR) is 102 cm³/mol. The van der Waals surface area contributed by atoms with E-state index in [9.17, 15) is 14.4 Å². The van der Waals surface area contributed by atoms with Crippen LogP contribution in [0, 0.1) is 5.41 Å². The summed E-state index contributed by atoms with van der Waals surface area (Å²) < 4.78 is 0. The van der Waals surface area contributed by atoms with Crippen molar-refractivity contribution in [3.63, 3.8) is 0 Å². The molecule has 1 saturated heterocycles. The minimum atomic E-state index is -1.30. The summed E-state index contributed by atoms with van der Waals surface area (Å²) in [5.41, 5.74) is 1.25. The molecule has 1 spiro atoms. The SMILES string of the molecule is CNC(=S)Nc1ccc2c(c1)CC1(CN2C)C(=O)N(C)C(=O)N(C)C1=O. The molecule has 2 heterocycles. The lowest BCUT2D eigenvalue weighted by molar-refractivity contribution is -0.156. The van der Waals surface area contributed by atoms with Crippen molar-refractivity contribution in [2.24, 2.45) is 5.41 Å². The minimum Gasteiger partial charge on any atom is -0.373 e. The number of anilines is 2. The topological polar surface area (TPSA) is 85.0 Å². The third-order valence-corrected chi connectivity index (χ3v) is 5.28. The molecule has 2 aliphatic heterocycles. The van der Waals surface area contributed by atoms with Gasteiger partial charge in [-0.25, -0.2) is 4.79 Å². The second-order valence-electron chi connectivity index (χ2n) is 6.67. The highest BCUT2D eigenvalue weighted by molar-refractivity contribution is 7.80. The van der Waals surface area contributed by atoms with Crippen molar-refractivity contribution < 1.29 is 14.4 Å². The summed E-state index contributed by atoms with van der Waals surface area (Å²) in [6.45, 7) is 0.224. The fourth-order valence-corrected chi connectivity index (χ4v) is 3.78. The van der Waals surface area contributed by atoms with Gasteiger partial charge in [0.15, 0.2) is 10.5 Å².